The zero-order valence-corrected chi connectivity index (χ0v) is 28.2. The van der Waals surface area contributed by atoms with Crippen molar-refractivity contribution in [1.29, 1.82) is 0 Å². The Morgan fingerprint density at radius 1 is 1.00 bits per heavy atom. The lowest BCUT2D eigenvalue weighted by Gasteiger charge is -2.40. The molecule has 1 aromatic heterocycles. The van der Waals surface area contributed by atoms with Gasteiger partial charge in [0.1, 0.15) is 5.75 Å². The highest BCUT2D eigenvalue weighted by molar-refractivity contribution is 7.93. The summed E-state index contributed by atoms with van der Waals surface area (Å²) in [5.41, 5.74) is 1.48. The minimum absolute atomic E-state index is 0.0865. The Labute approximate surface area is 284 Å². The molecule has 3 heterocycles. The standard InChI is InChI=1S/C34H43F3N6O5S/c35-34(36,37)48-28-13-11-27(12-14-28)31-39-41-43(40-31)19-3-1-5-25-9-15-30(16-10-25)49(45,46)33(17-20-42(21-18-33)24-26-7-8-26)32(44)38-23-29-6-2-4-22-47-29/h9-16,26,29H,1-8,17-24H2,(H,38,44). The van der Waals surface area contributed by atoms with E-state index in [4.69, 9.17) is 4.74 Å². The van der Waals surface area contributed by atoms with E-state index in [2.05, 4.69) is 30.4 Å². The summed E-state index contributed by atoms with van der Waals surface area (Å²) < 4.78 is 73.9. The Hall–Kier alpha value is -3.56. The number of tetrazole rings is 1. The molecule has 1 aliphatic carbocycles. The zero-order valence-electron chi connectivity index (χ0n) is 27.4. The first-order valence-corrected chi connectivity index (χ1v) is 18.6. The molecule has 49 heavy (non-hydrogen) atoms. The molecule has 0 radical (unpaired) electrons. The van der Waals surface area contributed by atoms with Gasteiger partial charge in [-0.15, -0.1) is 23.4 Å². The van der Waals surface area contributed by atoms with E-state index in [0.29, 0.717) is 50.7 Å². The first-order chi connectivity index (χ1) is 23.5. The van der Waals surface area contributed by atoms with Crippen LogP contribution in [0.1, 0.15) is 63.4 Å². The molecule has 6 rings (SSSR count). The van der Waals surface area contributed by atoms with Crippen LogP contribution in [0.3, 0.4) is 0 Å². The summed E-state index contributed by atoms with van der Waals surface area (Å²) in [5.74, 6) is 0.228. The van der Waals surface area contributed by atoms with E-state index < -0.39 is 26.9 Å². The first kappa shape index (κ1) is 35.3. The molecular weight excluding hydrogens is 661 g/mol. The Morgan fingerprint density at radius 3 is 2.39 bits per heavy atom. The lowest BCUT2D eigenvalue weighted by Crippen LogP contribution is -2.59. The summed E-state index contributed by atoms with van der Waals surface area (Å²) in [6.45, 7) is 3.58. The maximum absolute atomic E-state index is 14.3. The SMILES string of the molecule is O=C(NCC1CCCCO1)C1(S(=O)(=O)c2ccc(CCCCn3nnc(-c4ccc(OC(F)(F)F)cc4)n3)cc2)CCN(CC2CC2)CC1. The Bertz CT molecular complexity index is 1650. The third-order valence-electron chi connectivity index (χ3n) is 9.68. The molecule has 0 bridgehead atoms. The fraction of sp³-hybridized carbons (Fsp3) is 0.588. The molecule has 3 fully saturated rings. The van der Waals surface area contributed by atoms with Crippen LogP contribution in [-0.4, -0.2) is 89.4 Å². The van der Waals surface area contributed by atoms with Crippen LogP contribution in [0.4, 0.5) is 13.2 Å². The summed E-state index contributed by atoms with van der Waals surface area (Å²) in [4.78, 5) is 17.7. The van der Waals surface area contributed by atoms with Gasteiger partial charge in [-0.3, -0.25) is 4.79 Å². The molecule has 2 aliphatic heterocycles. The van der Waals surface area contributed by atoms with Gasteiger partial charge in [-0.1, -0.05) is 12.1 Å². The predicted octanol–water partition coefficient (Wildman–Crippen LogP) is 4.97. The van der Waals surface area contributed by atoms with Gasteiger partial charge in [0.05, 0.1) is 17.5 Å². The van der Waals surface area contributed by atoms with Gasteiger partial charge in [0, 0.05) is 38.3 Å². The van der Waals surface area contributed by atoms with Gasteiger partial charge in [0.2, 0.25) is 11.7 Å². The second kappa shape index (κ2) is 15.1. The van der Waals surface area contributed by atoms with Gasteiger partial charge >= 0.3 is 6.36 Å². The third-order valence-corrected chi connectivity index (χ3v) is 12.2. The molecule has 3 aliphatic rings. The number of hydrogen-bond acceptors (Lipinski definition) is 9. The summed E-state index contributed by atoms with van der Waals surface area (Å²) in [6.07, 6.45) is 3.20. The number of nitrogens with zero attached hydrogens (tertiary/aromatic N) is 5. The number of piperidine rings is 1. The molecule has 266 valence electrons. The van der Waals surface area contributed by atoms with Crippen molar-refractivity contribution in [3.63, 3.8) is 0 Å². The molecule has 1 N–H and O–H groups in total. The minimum atomic E-state index is -4.76. The fourth-order valence-electron chi connectivity index (χ4n) is 6.62. The van der Waals surface area contributed by atoms with Crippen molar-refractivity contribution in [2.75, 3.05) is 32.8 Å². The van der Waals surface area contributed by atoms with Crippen LogP contribution < -0.4 is 10.1 Å². The minimum Gasteiger partial charge on any atom is -0.406 e. The van der Waals surface area contributed by atoms with Gasteiger partial charge in [0.25, 0.3) is 0 Å². The zero-order chi connectivity index (χ0) is 34.5. The van der Waals surface area contributed by atoms with Crippen molar-refractivity contribution < 1.29 is 35.9 Å². The van der Waals surface area contributed by atoms with E-state index in [1.54, 1.807) is 12.1 Å². The number of aromatic nitrogens is 4. The molecule has 1 saturated carbocycles. The molecule has 1 atom stereocenters. The number of aryl methyl sites for hydroxylation is 2. The number of hydrogen-bond donors (Lipinski definition) is 1. The number of sulfone groups is 1. The smallest absolute Gasteiger partial charge is 0.406 e. The second-order valence-electron chi connectivity index (χ2n) is 13.3. The van der Waals surface area contributed by atoms with Gasteiger partial charge < -0.3 is 19.7 Å². The van der Waals surface area contributed by atoms with Crippen LogP contribution >= 0.6 is 0 Å². The number of halogens is 3. The molecule has 3 aromatic rings. The second-order valence-corrected chi connectivity index (χ2v) is 15.6. The van der Waals surface area contributed by atoms with Crippen molar-refractivity contribution in [3.05, 3.63) is 54.1 Å². The predicted molar refractivity (Wildman–Crippen MR) is 174 cm³/mol. The van der Waals surface area contributed by atoms with E-state index in [-0.39, 0.29) is 35.4 Å². The van der Waals surface area contributed by atoms with Crippen molar-refractivity contribution in [3.8, 4) is 17.1 Å². The fourth-order valence-corrected chi connectivity index (χ4v) is 8.60. The molecular formula is C34H43F3N6O5S. The lowest BCUT2D eigenvalue weighted by molar-refractivity contribution is -0.274. The Balaban J connectivity index is 1.03. The van der Waals surface area contributed by atoms with E-state index in [9.17, 15) is 26.4 Å². The monoisotopic (exact) mass is 704 g/mol. The van der Waals surface area contributed by atoms with Crippen LogP contribution in [-0.2, 0) is 32.3 Å². The maximum atomic E-state index is 14.3. The highest BCUT2D eigenvalue weighted by Gasteiger charge is 2.53. The summed E-state index contributed by atoms with van der Waals surface area (Å²) >= 11 is 0. The summed E-state index contributed by atoms with van der Waals surface area (Å²) in [7, 11) is -3.98. The third kappa shape index (κ3) is 8.97. The normalized spacial score (nSPS) is 20.2. The van der Waals surface area contributed by atoms with Crippen LogP contribution in [0, 0.1) is 5.92 Å². The molecule has 11 nitrogen and oxygen atoms in total. The van der Waals surface area contributed by atoms with E-state index in [0.717, 1.165) is 44.2 Å². The lowest BCUT2D eigenvalue weighted by atomic mass is 9.94. The quantitative estimate of drug-likeness (QED) is 0.232. The first-order valence-electron chi connectivity index (χ1n) is 17.1. The van der Waals surface area contributed by atoms with Gasteiger partial charge in [0.15, 0.2) is 14.6 Å². The number of unbranched alkanes of at least 4 members (excludes halogenated alkanes) is 1. The average Bonchev–Trinajstić information content (AvgIpc) is 3.79. The number of likely N-dealkylation sites (tertiary alicyclic amines) is 1. The van der Waals surface area contributed by atoms with Crippen LogP contribution in [0.2, 0.25) is 0 Å². The number of nitrogens with one attached hydrogen (secondary N) is 1. The number of carbonyl (C=O) groups excluding carboxylic acids is 1. The molecule has 15 heteroatoms. The number of benzene rings is 2. The van der Waals surface area contributed by atoms with Crippen molar-refractivity contribution in [2.45, 2.75) is 92.9 Å². The van der Waals surface area contributed by atoms with Crippen LogP contribution in [0.25, 0.3) is 11.4 Å². The Kier molecular flexibility index (Phi) is 10.9. The molecule has 2 saturated heterocycles. The van der Waals surface area contributed by atoms with Gasteiger partial charge in [-0.25, -0.2) is 8.42 Å². The van der Waals surface area contributed by atoms with E-state index in [1.165, 1.54) is 41.9 Å². The number of ether oxygens (including phenoxy) is 2. The Morgan fingerprint density at radius 2 is 1.73 bits per heavy atom. The average molecular weight is 705 g/mol. The van der Waals surface area contributed by atoms with Crippen molar-refractivity contribution in [1.82, 2.24) is 30.4 Å². The molecule has 2 aromatic carbocycles. The van der Waals surface area contributed by atoms with E-state index in [1.807, 2.05) is 12.1 Å². The molecule has 0 spiro atoms. The number of rotatable bonds is 14. The molecule has 1 amide bonds. The summed E-state index contributed by atoms with van der Waals surface area (Å²) in [5, 5.41) is 15.3. The summed E-state index contributed by atoms with van der Waals surface area (Å²) in [6, 6.07) is 12.1. The van der Waals surface area contributed by atoms with Crippen LogP contribution in [0.5, 0.6) is 5.75 Å². The largest absolute Gasteiger partial charge is 0.573 e. The van der Waals surface area contributed by atoms with Crippen LogP contribution in [0.15, 0.2) is 53.4 Å². The van der Waals surface area contributed by atoms with Crippen molar-refractivity contribution >= 4 is 15.7 Å². The highest BCUT2D eigenvalue weighted by Crippen LogP contribution is 2.38. The van der Waals surface area contributed by atoms with E-state index >= 15 is 0 Å². The maximum Gasteiger partial charge on any atom is 0.573 e. The number of amides is 1. The van der Waals surface area contributed by atoms with Crippen molar-refractivity contribution in [2.24, 2.45) is 5.92 Å². The number of carbonyl (C=O) groups is 1. The topological polar surface area (TPSA) is 129 Å². The molecule has 1 unspecified atom stereocenters. The van der Waals surface area contributed by atoms with Gasteiger partial charge in [-0.05, 0) is 117 Å². The highest BCUT2D eigenvalue weighted by atomic mass is 32.2. The van der Waals surface area contributed by atoms with Gasteiger partial charge in [-0.2, -0.15) is 4.80 Å². The number of alkyl halides is 3.